The molecule has 1 rings (SSSR count). The van der Waals surface area contributed by atoms with E-state index < -0.39 is 5.97 Å². The number of nitrogens with zero attached hydrogens (tertiary/aromatic N) is 1. The first-order chi connectivity index (χ1) is 9.83. The van der Waals surface area contributed by atoms with Crippen LogP contribution in [0.5, 0.6) is 0 Å². The van der Waals surface area contributed by atoms with E-state index in [0.717, 1.165) is 16.8 Å². The third-order valence-electron chi connectivity index (χ3n) is 3.40. The Labute approximate surface area is 126 Å². The summed E-state index contributed by atoms with van der Waals surface area (Å²) < 4.78 is 0. The van der Waals surface area contributed by atoms with Gasteiger partial charge >= 0.3 is 5.97 Å². The van der Waals surface area contributed by atoms with Gasteiger partial charge in [-0.3, -0.25) is 14.5 Å². The largest absolute Gasteiger partial charge is 0.481 e. The number of likely N-dealkylation sites (N-methyl/N-ethyl adjacent to an activating group) is 1. The number of carboxylic acid groups (broad SMARTS) is 1. The molecule has 0 atom stereocenters. The van der Waals surface area contributed by atoms with Crippen molar-refractivity contribution in [1.29, 1.82) is 0 Å². The number of aliphatic carboxylic acids is 1. The van der Waals surface area contributed by atoms with E-state index in [-0.39, 0.29) is 18.9 Å². The van der Waals surface area contributed by atoms with Crippen molar-refractivity contribution in [2.75, 3.05) is 25.0 Å². The minimum absolute atomic E-state index is 0.0453. The topological polar surface area (TPSA) is 69.6 Å². The van der Waals surface area contributed by atoms with Crippen molar-refractivity contribution in [3.8, 4) is 0 Å². The highest BCUT2D eigenvalue weighted by Crippen LogP contribution is 2.21. The van der Waals surface area contributed by atoms with Crippen LogP contribution >= 0.6 is 0 Å². The molecule has 1 aromatic rings. The minimum Gasteiger partial charge on any atom is -0.481 e. The number of aryl methyl sites for hydroxylation is 3. The lowest BCUT2D eigenvalue weighted by Gasteiger charge is -2.20. The second-order valence-electron chi connectivity index (χ2n) is 5.33. The maximum Gasteiger partial charge on any atom is 0.304 e. The van der Waals surface area contributed by atoms with Crippen molar-refractivity contribution < 1.29 is 14.7 Å². The molecule has 0 spiro atoms. The molecule has 0 radical (unpaired) electrons. The smallest absolute Gasteiger partial charge is 0.304 e. The monoisotopic (exact) mass is 292 g/mol. The second kappa shape index (κ2) is 7.78. The van der Waals surface area contributed by atoms with Crippen LogP contribution in [0.1, 0.15) is 30.0 Å². The van der Waals surface area contributed by atoms with Gasteiger partial charge in [0.25, 0.3) is 0 Å². The SMILES string of the molecule is CCN(CCC(=O)O)CC(=O)Nc1c(C)cc(C)cc1C. The van der Waals surface area contributed by atoms with Crippen LogP contribution < -0.4 is 5.32 Å². The summed E-state index contributed by atoms with van der Waals surface area (Å²) in [6, 6.07) is 4.06. The van der Waals surface area contributed by atoms with E-state index in [1.165, 1.54) is 5.56 Å². The first-order valence-electron chi connectivity index (χ1n) is 7.15. The summed E-state index contributed by atoms with van der Waals surface area (Å²) in [6.07, 6.45) is 0.0453. The van der Waals surface area contributed by atoms with Gasteiger partial charge in [0.2, 0.25) is 5.91 Å². The van der Waals surface area contributed by atoms with Gasteiger partial charge in [-0.05, 0) is 38.4 Å². The molecule has 5 nitrogen and oxygen atoms in total. The van der Waals surface area contributed by atoms with E-state index in [0.29, 0.717) is 13.1 Å². The predicted molar refractivity (Wildman–Crippen MR) is 83.6 cm³/mol. The Morgan fingerprint density at radius 2 is 1.76 bits per heavy atom. The van der Waals surface area contributed by atoms with E-state index in [4.69, 9.17) is 5.11 Å². The third-order valence-corrected chi connectivity index (χ3v) is 3.40. The van der Waals surface area contributed by atoms with Crippen LogP contribution in [0.3, 0.4) is 0 Å². The van der Waals surface area contributed by atoms with Gasteiger partial charge in [-0.1, -0.05) is 24.6 Å². The van der Waals surface area contributed by atoms with Crippen molar-refractivity contribution in [2.24, 2.45) is 0 Å². The number of carbonyl (C=O) groups is 2. The maximum atomic E-state index is 12.1. The third kappa shape index (κ3) is 5.55. The number of carboxylic acids is 1. The molecule has 1 amide bonds. The Morgan fingerprint density at radius 3 is 2.24 bits per heavy atom. The first-order valence-corrected chi connectivity index (χ1v) is 7.15. The molecule has 2 N–H and O–H groups in total. The zero-order valence-electron chi connectivity index (χ0n) is 13.2. The Kier molecular flexibility index (Phi) is 6.37. The number of anilines is 1. The summed E-state index contributed by atoms with van der Waals surface area (Å²) in [5.41, 5.74) is 4.09. The average Bonchev–Trinajstić information content (AvgIpc) is 2.38. The van der Waals surface area contributed by atoms with Crippen LogP contribution in [0.15, 0.2) is 12.1 Å². The van der Waals surface area contributed by atoms with Crippen molar-refractivity contribution >= 4 is 17.6 Å². The van der Waals surface area contributed by atoms with E-state index >= 15 is 0 Å². The van der Waals surface area contributed by atoms with Crippen LogP contribution in [-0.4, -0.2) is 41.5 Å². The van der Waals surface area contributed by atoms with E-state index in [1.807, 2.05) is 44.7 Å². The molecule has 0 bridgehead atoms. The number of hydrogen-bond acceptors (Lipinski definition) is 3. The molecule has 1 aromatic carbocycles. The highest BCUT2D eigenvalue weighted by atomic mass is 16.4. The Bertz CT molecular complexity index is 503. The first kappa shape index (κ1) is 17.2. The molecule has 5 heteroatoms. The quantitative estimate of drug-likeness (QED) is 0.809. The van der Waals surface area contributed by atoms with Crippen LogP contribution in [0, 0.1) is 20.8 Å². The molecular weight excluding hydrogens is 268 g/mol. The molecule has 0 aliphatic rings. The molecule has 0 aliphatic heterocycles. The molecule has 0 saturated heterocycles. The molecule has 0 aromatic heterocycles. The lowest BCUT2D eigenvalue weighted by Crippen LogP contribution is -2.34. The zero-order valence-corrected chi connectivity index (χ0v) is 13.2. The molecule has 0 heterocycles. The highest BCUT2D eigenvalue weighted by Gasteiger charge is 2.13. The highest BCUT2D eigenvalue weighted by molar-refractivity contribution is 5.93. The summed E-state index contributed by atoms with van der Waals surface area (Å²) >= 11 is 0. The number of hydrogen-bond donors (Lipinski definition) is 2. The summed E-state index contributed by atoms with van der Waals surface area (Å²) in [5.74, 6) is -0.962. The number of nitrogens with one attached hydrogen (secondary N) is 1. The number of carbonyl (C=O) groups excluding carboxylic acids is 1. The van der Waals surface area contributed by atoms with Gasteiger partial charge in [-0.2, -0.15) is 0 Å². The van der Waals surface area contributed by atoms with Crippen LogP contribution in [0.2, 0.25) is 0 Å². The molecule has 0 saturated carbocycles. The Morgan fingerprint density at radius 1 is 1.19 bits per heavy atom. The van der Waals surface area contributed by atoms with Gasteiger partial charge in [-0.25, -0.2) is 0 Å². The van der Waals surface area contributed by atoms with Gasteiger partial charge in [0, 0.05) is 12.2 Å². The van der Waals surface area contributed by atoms with Gasteiger partial charge in [-0.15, -0.1) is 0 Å². The van der Waals surface area contributed by atoms with Crippen molar-refractivity contribution in [2.45, 2.75) is 34.1 Å². The summed E-state index contributed by atoms with van der Waals surface area (Å²) in [7, 11) is 0. The zero-order chi connectivity index (χ0) is 16.0. The van der Waals surface area contributed by atoms with Crippen LogP contribution in [0.25, 0.3) is 0 Å². The summed E-state index contributed by atoms with van der Waals surface area (Å²) in [5, 5.41) is 11.6. The minimum atomic E-state index is -0.848. The fourth-order valence-electron chi connectivity index (χ4n) is 2.36. The van der Waals surface area contributed by atoms with Gasteiger partial charge in [0.1, 0.15) is 0 Å². The average molecular weight is 292 g/mol. The standard InChI is InChI=1S/C16H24N2O3/c1-5-18(7-6-15(20)21)10-14(19)17-16-12(3)8-11(2)9-13(16)4/h8-9H,5-7,10H2,1-4H3,(H,17,19)(H,20,21). The number of rotatable bonds is 7. The Balaban J connectivity index is 2.66. The lowest BCUT2D eigenvalue weighted by atomic mass is 10.1. The molecule has 0 fully saturated rings. The van der Waals surface area contributed by atoms with Crippen LogP contribution in [-0.2, 0) is 9.59 Å². The van der Waals surface area contributed by atoms with Crippen molar-refractivity contribution in [3.05, 3.63) is 28.8 Å². The lowest BCUT2D eigenvalue weighted by molar-refractivity contribution is -0.137. The van der Waals surface area contributed by atoms with E-state index in [9.17, 15) is 9.59 Å². The van der Waals surface area contributed by atoms with Crippen molar-refractivity contribution in [1.82, 2.24) is 4.90 Å². The number of benzene rings is 1. The number of amides is 1. The Hall–Kier alpha value is -1.88. The van der Waals surface area contributed by atoms with Gasteiger partial charge < -0.3 is 10.4 Å². The predicted octanol–water partition coefficient (Wildman–Crippen LogP) is 2.35. The van der Waals surface area contributed by atoms with E-state index in [2.05, 4.69) is 5.32 Å². The summed E-state index contributed by atoms with van der Waals surface area (Å²) in [6.45, 7) is 9.11. The van der Waals surface area contributed by atoms with E-state index in [1.54, 1.807) is 0 Å². The maximum absolute atomic E-state index is 12.1. The van der Waals surface area contributed by atoms with Crippen molar-refractivity contribution in [3.63, 3.8) is 0 Å². The fourth-order valence-corrected chi connectivity index (χ4v) is 2.36. The second-order valence-corrected chi connectivity index (χ2v) is 5.33. The van der Waals surface area contributed by atoms with Crippen LogP contribution in [0.4, 0.5) is 5.69 Å². The normalized spacial score (nSPS) is 10.7. The molecule has 21 heavy (non-hydrogen) atoms. The molecule has 116 valence electrons. The van der Waals surface area contributed by atoms with Gasteiger partial charge in [0.05, 0.1) is 13.0 Å². The molecule has 0 unspecified atom stereocenters. The van der Waals surface area contributed by atoms with Gasteiger partial charge in [0.15, 0.2) is 0 Å². The molecular formula is C16H24N2O3. The fraction of sp³-hybridized carbons (Fsp3) is 0.500. The summed E-state index contributed by atoms with van der Waals surface area (Å²) in [4.78, 5) is 24.5. The molecule has 0 aliphatic carbocycles.